The zero-order valence-electron chi connectivity index (χ0n) is 14.7. The number of rotatable bonds is 5. The van der Waals surface area contributed by atoms with Crippen LogP contribution in [-0.2, 0) is 9.53 Å². The van der Waals surface area contributed by atoms with E-state index in [9.17, 15) is 9.59 Å². The van der Waals surface area contributed by atoms with Crippen molar-refractivity contribution in [2.24, 2.45) is 4.99 Å². The number of aliphatic imine (C=N–C) groups is 1. The quantitative estimate of drug-likeness (QED) is 0.498. The second-order valence-corrected chi connectivity index (χ2v) is 6.38. The zero-order chi connectivity index (χ0) is 17.5. The normalized spacial score (nSPS) is 15.7. The van der Waals surface area contributed by atoms with E-state index in [4.69, 9.17) is 4.74 Å². The summed E-state index contributed by atoms with van der Waals surface area (Å²) in [5.74, 6) is 0.460. The van der Waals surface area contributed by atoms with Crippen LogP contribution in [0.1, 0.15) is 34.6 Å². The van der Waals surface area contributed by atoms with Crippen molar-refractivity contribution in [3.63, 3.8) is 0 Å². The van der Waals surface area contributed by atoms with E-state index in [0.717, 1.165) is 0 Å². The molecule has 3 N–H and O–H groups in total. The van der Waals surface area contributed by atoms with Gasteiger partial charge in [0.2, 0.25) is 5.91 Å². The molecule has 0 unspecified atom stereocenters. The van der Waals surface area contributed by atoms with Crippen LogP contribution in [0.4, 0.5) is 4.79 Å². The summed E-state index contributed by atoms with van der Waals surface area (Å²) in [6.07, 6.45) is -0.306. The predicted molar refractivity (Wildman–Crippen MR) is 89.4 cm³/mol. The van der Waals surface area contributed by atoms with E-state index in [1.807, 2.05) is 34.6 Å². The van der Waals surface area contributed by atoms with Crippen molar-refractivity contribution >= 4 is 18.0 Å². The van der Waals surface area contributed by atoms with Crippen LogP contribution < -0.4 is 16.0 Å². The molecule has 1 aliphatic rings. The molecule has 0 radical (unpaired) electrons. The molecule has 1 heterocycles. The number of guanidine groups is 1. The highest BCUT2D eigenvalue weighted by Gasteiger charge is 2.34. The first-order chi connectivity index (χ1) is 10.7. The van der Waals surface area contributed by atoms with Crippen molar-refractivity contribution in [2.75, 3.05) is 32.7 Å². The SMILES string of the molecule is CCNC(=O)CN=C(NCC)NC1CN(C(=O)OC(C)(C)C)C1. The highest BCUT2D eigenvalue weighted by molar-refractivity contribution is 5.85. The molecular formula is C15H29N5O3. The summed E-state index contributed by atoms with van der Waals surface area (Å²) >= 11 is 0. The van der Waals surface area contributed by atoms with Crippen LogP contribution in [0.2, 0.25) is 0 Å². The molecule has 1 fully saturated rings. The summed E-state index contributed by atoms with van der Waals surface area (Å²) in [6, 6.07) is 0.106. The maximum Gasteiger partial charge on any atom is 0.410 e. The van der Waals surface area contributed by atoms with Crippen molar-refractivity contribution in [1.82, 2.24) is 20.9 Å². The molecule has 2 amide bonds. The van der Waals surface area contributed by atoms with Gasteiger partial charge in [0, 0.05) is 26.2 Å². The topological polar surface area (TPSA) is 95.1 Å². The monoisotopic (exact) mass is 327 g/mol. The number of hydrogen-bond donors (Lipinski definition) is 3. The predicted octanol–water partition coefficient (Wildman–Crippen LogP) is 0.297. The van der Waals surface area contributed by atoms with Gasteiger partial charge in [0.15, 0.2) is 5.96 Å². The molecule has 1 aliphatic heterocycles. The Bertz CT molecular complexity index is 439. The molecule has 0 saturated carbocycles. The number of nitrogens with zero attached hydrogens (tertiary/aromatic N) is 2. The first-order valence-electron chi connectivity index (χ1n) is 8.04. The van der Waals surface area contributed by atoms with Gasteiger partial charge in [-0.25, -0.2) is 9.79 Å². The fourth-order valence-electron chi connectivity index (χ4n) is 1.96. The summed E-state index contributed by atoms with van der Waals surface area (Å²) < 4.78 is 5.31. The van der Waals surface area contributed by atoms with Gasteiger partial charge in [0.05, 0.1) is 6.04 Å². The molecule has 0 aliphatic carbocycles. The average Bonchev–Trinajstić information content (AvgIpc) is 2.37. The van der Waals surface area contributed by atoms with Gasteiger partial charge in [0.1, 0.15) is 12.1 Å². The lowest BCUT2D eigenvalue weighted by Gasteiger charge is -2.40. The summed E-state index contributed by atoms with van der Waals surface area (Å²) in [4.78, 5) is 29.2. The summed E-state index contributed by atoms with van der Waals surface area (Å²) in [7, 11) is 0. The smallest absolute Gasteiger partial charge is 0.410 e. The molecular weight excluding hydrogens is 298 g/mol. The number of carbonyl (C=O) groups excluding carboxylic acids is 2. The van der Waals surface area contributed by atoms with Crippen molar-refractivity contribution < 1.29 is 14.3 Å². The molecule has 1 saturated heterocycles. The summed E-state index contributed by atoms with van der Waals surface area (Å²) in [6.45, 7) is 11.8. The van der Waals surface area contributed by atoms with Crippen molar-refractivity contribution in [1.29, 1.82) is 0 Å². The number of hydrogen-bond acceptors (Lipinski definition) is 4. The fourth-order valence-corrected chi connectivity index (χ4v) is 1.96. The Morgan fingerprint density at radius 2 is 1.78 bits per heavy atom. The molecule has 0 aromatic heterocycles. The van der Waals surface area contributed by atoms with Gasteiger partial charge in [-0.15, -0.1) is 0 Å². The second kappa shape index (κ2) is 8.59. The third kappa shape index (κ3) is 7.21. The van der Waals surface area contributed by atoms with Crippen LogP contribution in [0, 0.1) is 0 Å². The van der Waals surface area contributed by atoms with Gasteiger partial charge in [-0.2, -0.15) is 0 Å². The van der Waals surface area contributed by atoms with E-state index in [2.05, 4.69) is 20.9 Å². The molecule has 0 spiro atoms. The highest BCUT2D eigenvalue weighted by atomic mass is 16.6. The van der Waals surface area contributed by atoms with E-state index in [1.165, 1.54) is 0 Å². The Morgan fingerprint density at radius 3 is 2.30 bits per heavy atom. The Morgan fingerprint density at radius 1 is 1.17 bits per heavy atom. The van der Waals surface area contributed by atoms with Gasteiger partial charge < -0.3 is 25.6 Å². The largest absolute Gasteiger partial charge is 0.444 e. The minimum atomic E-state index is -0.487. The Labute approximate surface area is 138 Å². The zero-order valence-corrected chi connectivity index (χ0v) is 14.7. The van der Waals surface area contributed by atoms with Crippen molar-refractivity contribution in [3.8, 4) is 0 Å². The lowest BCUT2D eigenvalue weighted by Crippen LogP contribution is -2.63. The third-order valence-corrected chi connectivity index (χ3v) is 2.97. The van der Waals surface area contributed by atoms with Crippen LogP contribution in [0.5, 0.6) is 0 Å². The third-order valence-electron chi connectivity index (χ3n) is 2.97. The molecule has 8 nitrogen and oxygen atoms in total. The minimum Gasteiger partial charge on any atom is -0.444 e. The molecule has 0 bridgehead atoms. The summed E-state index contributed by atoms with van der Waals surface area (Å²) in [5, 5.41) is 8.99. The standard InChI is InChI=1S/C15H29N5O3/c1-6-16-12(21)8-18-13(17-7-2)19-11-9-20(10-11)14(22)23-15(3,4)5/h11H,6-10H2,1-5H3,(H,16,21)(H2,17,18,19). The van der Waals surface area contributed by atoms with Crippen LogP contribution in [-0.4, -0.2) is 67.2 Å². The number of amides is 2. The van der Waals surface area contributed by atoms with Crippen LogP contribution in [0.25, 0.3) is 0 Å². The van der Waals surface area contributed by atoms with Gasteiger partial charge in [-0.1, -0.05) is 0 Å². The van der Waals surface area contributed by atoms with Crippen molar-refractivity contribution in [3.05, 3.63) is 0 Å². The molecule has 1 rings (SSSR count). The molecule has 0 aromatic rings. The Kier molecular flexibility index (Phi) is 7.12. The highest BCUT2D eigenvalue weighted by Crippen LogP contribution is 2.15. The van der Waals surface area contributed by atoms with Gasteiger partial charge in [-0.3, -0.25) is 4.79 Å². The Hall–Kier alpha value is -1.99. The van der Waals surface area contributed by atoms with Crippen molar-refractivity contribution in [2.45, 2.75) is 46.3 Å². The van der Waals surface area contributed by atoms with Gasteiger partial charge in [0.25, 0.3) is 0 Å². The van der Waals surface area contributed by atoms with E-state index in [-0.39, 0.29) is 24.6 Å². The first kappa shape index (κ1) is 19.1. The van der Waals surface area contributed by atoms with Gasteiger partial charge >= 0.3 is 6.09 Å². The van der Waals surface area contributed by atoms with E-state index < -0.39 is 5.60 Å². The maximum absolute atomic E-state index is 11.9. The number of likely N-dealkylation sites (N-methyl/N-ethyl adjacent to an activating group) is 1. The maximum atomic E-state index is 11.9. The van der Waals surface area contributed by atoms with Gasteiger partial charge in [-0.05, 0) is 34.6 Å². The molecule has 0 aromatic carbocycles. The summed E-state index contributed by atoms with van der Waals surface area (Å²) in [5.41, 5.74) is -0.487. The molecule has 23 heavy (non-hydrogen) atoms. The molecule has 8 heteroatoms. The number of carbonyl (C=O) groups is 2. The van der Waals surface area contributed by atoms with Crippen LogP contribution in [0.15, 0.2) is 4.99 Å². The number of likely N-dealkylation sites (tertiary alicyclic amines) is 1. The number of nitrogens with one attached hydrogen (secondary N) is 3. The van der Waals surface area contributed by atoms with Crippen LogP contribution >= 0.6 is 0 Å². The fraction of sp³-hybridized carbons (Fsp3) is 0.800. The van der Waals surface area contributed by atoms with E-state index in [0.29, 0.717) is 32.1 Å². The average molecular weight is 327 g/mol. The number of ether oxygens (including phenoxy) is 1. The lowest BCUT2D eigenvalue weighted by molar-refractivity contribution is -0.119. The lowest BCUT2D eigenvalue weighted by atomic mass is 10.1. The van der Waals surface area contributed by atoms with Crippen LogP contribution in [0.3, 0.4) is 0 Å². The van der Waals surface area contributed by atoms with E-state index >= 15 is 0 Å². The second-order valence-electron chi connectivity index (χ2n) is 6.38. The first-order valence-corrected chi connectivity index (χ1v) is 8.04. The van der Waals surface area contributed by atoms with E-state index in [1.54, 1.807) is 4.90 Å². The Balaban J connectivity index is 2.41. The molecule has 0 atom stereocenters. The minimum absolute atomic E-state index is 0.0751. The molecule has 132 valence electrons.